The van der Waals surface area contributed by atoms with Crippen LogP contribution in [0, 0.1) is 0 Å². The molecule has 0 aliphatic heterocycles. The third-order valence-electron chi connectivity index (χ3n) is 2.53. The highest BCUT2D eigenvalue weighted by Gasteiger charge is 2.15. The van der Waals surface area contributed by atoms with E-state index in [9.17, 15) is 0 Å². The van der Waals surface area contributed by atoms with E-state index in [0.29, 0.717) is 6.04 Å². The molecule has 0 saturated carbocycles. The van der Waals surface area contributed by atoms with Gasteiger partial charge in [-0.05, 0) is 19.9 Å². The molecule has 0 N–H and O–H groups in total. The zero-order chi connectivity index (χ0) is 10.3. The lowest BCUT2D eigenvalue weighted by Gasteiger charge is -2.28. The molecule has 0 fully saturated rings. The third kappa shape index (κ3) is 4.60. The normalized spacial score (nSPS) is 12.0. The standard InChI is InChI=1S/C10H23NO2/c1-6-9(7-2)11(3)8-10(12-4)13-5/h9-10H,6-8H2,1-5H3. The Hall–Kier alpha value is -0.120. The molecule has 0 aliphatic carbocycles. The van der Waals surface area contributed by atoms with E-state index in [2.05, 4.69) is 25.8 Å². The number of hydrogen-bond acceptors (Lipinski definition) is 3. The van der Waals surface area contributed by atoms with E-state index in [0.717, 1.165) is 6.54 Å². The quantitative estimate of drug-likeness (QED) is 0.569. The molecule has 0 radical (unpaired) electrons. The average Bonchev–Trinajstić information content (AvgIpc) is 2.16. The average molecular weight is 189 g/mol. The van der Waals surface area contributed by atoms with Crippen LogP contribution in [0.5, 0.6) is 0 Å². The lowest BCUT2D eigenvalue weighted by molar-refractivity contribution is -0.117. The maximum absolute atomic E-state index is 5.15. The molecular weight excluding hydrogens is 166 g/mol. The SMILES string of the molecule is CCC(CC)N(C)CC(OC)OC. The molecule has 3 heteroatoms. The Balaban J connectivity index is 3.87. The van der Waals surface area contributed by atoms with Gasteiger partial charge in [0.05, 0.1) is 0 Å². The summed E-state index contributed by atoms with van der Waals surface area (Å²) < 4.78 is 10.3. The van der Waals surface area contributed by atoms with Crippen LogP contribution in [0.15, 0.2) is 0 Å². The number of nitrogens with zero attached hydrogens (tertiary/aromatic N) is 1. The number of methoxy groups -OCH3 is 2. The summed E-state index contributed by atoms with van der Waals surface area (Å²) in [5.41, 5.74) is 0. The van der Waals surface area contributed by atoms with Gasteiger partial charge in [0.1, 0.15) is 0 Å². The molecule has 0 spiro atoms. The van der Waals surface area contributed by atoms with Crippen molar-refractivity contribution in [3.8, 4) is 0 Å². The van der Waals surface area contributed by atoms with Crippen molar-refractivity contribution in [3.05, 3.63) is 0 Å². The Morgan fingerprint density at radius 1 is 1.08 bits per heavy atom. The Morgan fingerprint density at radius 3 is 1.85 bits per heavy atom. The minimum Gasteiger partial charge on any atom is -0.355 e. The second-order valence-electron chi connectivity index (χ2n) is 3.31. The maximum Gasteiger partial charge on any atom is 0.169 e. The Labute approximate surface area is 82.0 Å². The summed E-state index contributed by atoms with van der Waals surface area (Å²) in [4.78, 5) is 2.29. The van der Waals surface area contributed by atoms with Crippen molar-refractivity contribution in [1.29, 1.82) is 0 Å². The van der Waals surface area contributed by atoms with Crippen molar-refractivity contribution < 1.29 is 9.47 Å². The molecule has 0 saturated heterocycles. The first-order chi connectivity index (χ1) is 6.19. The van der Waals surface area contributed by atoms with E-state index in [1.807, 2.05) is 0 Å². The molecule has 0 aromatic rings. The molecule has 0 bridgehead atoms. The van der Waals surface area contributed by atoms with Crippen molar-refractivity contribution in [2.45, 2.75) is 39.0 Å². The summed E-state index contributed by atoms with van der Waals surface area (Å²) in [6.07, 6.45) is 2.24. The Kier molecular flexibility index (Phi) is 7.23. The van der Waals surface area contributed by atoms with Crippen LogP contribution in [0.3, 0.4) is 0 Å². The van der Waals surface area contributed by atoms with Gasteiger partial charge in [-0.2, -0.15) is 0 Å². The molecular formula is C10H23NO2. The summed E-state index contributed by atoms with van der Waals surface area (Å²) in [6, 6.07) is 0.632. The molecule has 0 amide bonds. The Bertz CT molecular complexity index is 111. The highest BCUT2D eigenvalue weighted by atomic mass is 16.7. The van der Waals surface area contributed by atoms with Gasteiger partial charge in [0.2, 0.25) is 0 Å². The summed E-state index contributed by atoms with van der Waals surface area (Å²) in [7, 11) is 5.46. The first-order valence-corrected chi connectivity index (χ1v) is 4.95. The van der Waals surface area contributed by atoms with Crippen molar-refractivity contribution in [3.63, 3.8) is 0 Å². The van der Waals surface area contributed by atoms with E-state index in [4.69, 9.17) is 9.47 Å². The van der Waals surface area contributed by atoms with E-state index in [1.165, 1.54) is 12.8 Å². The predicted octanol–water partition coefficient (Wildman–Crippen LogP) is 1.73. The third-order valence-corrected chi connectivity index (χ3v) is 2.53. The topological polar surface area (TPSA) is 21.7 Å². The summed E-state index contributed by atoms with van der Waals surface area (Å²) in [5, 5.41) is 0. The van der Waals surface area contributed by atoms with Crippen LogP contribution in [0.25, 0.3) is 0 Å². The van der Waals surface area contributed by atoms with Crippen molar-refractivity contribution in [1.82, 2.24) is 4.90 Å². The molecule has 0 aromatic carbocycles. The van der Waals surface area contributed by atoms with Crippen LogP contribution < -0.4 is 0 Å². The highest BCUT2D eigenvalue weighted by molar-refractivity contribution is 4.66. The second kappa shape index (κ2) is 7.30. The van der Waals surface area contributed by atoms with Gasteiger partial charge in [0, 0.05) is 26.8 Å². The first kappa shape index (κ1) is 12.9. The van der Waals surface area contributed by atoms with Gasteiger partial charge in [-0.25, -0.2) is 0 Å². The first-order valence-electron chi connectivity index (χ1n) is 4.95. The highest BCUT2D eigenvalue weighted by Crippen LogP contribution is 2.07. The van der Waals surface area contributed by atoms with Gasteiger partial charge in [-0.15, -0.1) is 0 Å². The minimum atomic E-state index is -0.106. The summed E-state index contributed by atoms with van der Waals surface area (Å²) in [6.45, 7) is 5.25. The zero-order valence-electron chi connectivity index (χ0n) is 9.54. The zero-order valence-corrected chi connectivity index (χ0v) is 9.54. The summed E-state index contributed by atoms with van der Waals surface area (Å²) in [5.74, 6) is 0. The van der Waals surface area contributed by atoms with Crippen LogP contribution >= 0.6 is 0 Å². The van der Waals surface area contributed by atoms with Crippen LogP contribution in [0.2, 0.25) is 0 Å². The number of ether oxygens (including phenoxy) is 2. The molecule has 0 aromatic heterocycles. The van der Waals surface area contributed by atoms with E-state index in [1.54, 1.807) is 14.2 Å². The van der Waals surface area contributed by atoms with E-state index in [-0.39, 0.29) is 6.29 Å². The van der Waals surface area contributed by atoms with Crippen molar-refractivity contribution in [2.24, 2.45) is 0 Å². The fourth-order valence-corrected chi connectivity index (χ4v) is 1.54. The van der Waals surface area contributed by atoms with Crippen LogP contribution in [0.1, 0.15) is 26.7 Å². The van der Waals surface area contributed by atoms with Gasteiger partial charge in [-0.1, -0.05) is 13.8 Å². The van der Waals surface area contributed by atoms with E-state index < -0.39 is 0 Å². The van der Waals surface area contributed by atoms with Crippen molar-refractivity contribution >= 4 is 0 Å². The number of hydrogen-bond donors (Lipinski definition) is 0. The lowest BCUT2D eigenvalue weighted by Crippen LogP contribution is -2.38. The monoisotopic (exact) mass is 189 g/mol. The van der Waals surface area contributed by atoms with Crippen molar-refractivity contribution in [2.75, 3.05) is 27.8 Å². The molecule has 0 rings (SSSR count). The molecule has 80 valence electrons. The van der Waals surface area contributed by atoms with Gasteiger partial charge >= 0.3 is 0 Å². The lowest BCUT2D eigenvalue weighted by atomic mass is 10.1. The van der Waals surface area contributed by atoms with Gasteiger partial charge < -0.3 is 9.47 Å². The number of rotatable bonds is 7. The molecule has 3 nitrogen and oxygen atoms in total. The summed E-state index contributed by atoms with van der Waals surface area (Å²) >= 11 is 0. The predicted molar refractivity (Wildman–Crippen MR) is 54.8 cm³/mol. The molecule has 0 unspecified atom stereocenters. The fraction of sp³-hybridized carbons (Fsp3) is 1.00. The molecule has 0 heterocycles. The number of likely N-dealkylation sites (N-methyl/N-ethyl adjacent to an activating group) is 1. The minimum absolute atomic E-state index is 0.106. The molecule has 13 heavy (non-hydrogen) atoms. The molecule has 0 aliphatic rings. The van der Waals surface area contributed by atoms with Crippen LogP contribution in [-0.4, -0.2) is 45.0 Å². The van der Waals surface area contributed by atoms with E-state index >= 15 is 0 Å². The maximum atomic E-state index is 5.15. The second-order valence-corrected chi connectivity index (χ2v) is 3.31. The smallest absolute Gasteiger partial charge is 0.169 e. The van der Waals surface area contributed by atoms with Crippen LogP contribution in [-0.2, 0) is 9.47 Å². The van der Waals surface area contributed by atoms with Crippen LogP contribution in [0.4, 0.5) is 0 Å². The largest absolute Gasteiger partial charge is 0.355 e. The Morgan fingerprint density at radius 2 is 1.54 bits per heavy atom. The van der Waals surface area contributed by atoms with Gasteiger partial charge in [0.25, 0.3) is 0 Å². The fourth-order valence-electron chi connectivity index (χ4n) is 1.54. The van der Waals surface area contributed by atoms with Gasteiger partial charge in [0.15, 0.2) is 6.29 Å². The van der Waals surface area contributed by atoms with Gasteiger partial charge in [-0.3, -0.25) is 4.90 Å². The molecule has 0 atom stereocenters.